The molecule has 0 saturated heterocycles. The Bertz CT molecular complexity index is 1290. The van der Waals surface area contributed by atoms with Gasteiger partial charge in [0, 0.05) is 12.1 Å². The van der Waals surface area contributed by atoms with Crippen molar-refractivity contribution in [3.8, 4) is 5.75 Å². The Morgan fingerprint density at radius 2 is 1.74 bits per heavy atom. The number of fused-ring (bicyclic) bond motifs is 1. The molecule has 0 radical (unpaired) electrons. The second-order valence-electron chi connectivity index (χ2n) is 9.40. The van der Waals surface area contributed by atoms with Crippen molar-refractivity contribution in [2.75, 3.05) is 11.9 Å². The summed E-state index contributed by atoms with van der Waals surface area (Å²) in [5.41, 5.74) is 6.93. The van der Waals surface area contributed by atoms with E-state index in [2.05, 4.69) is 62.3 Å². The van der Waals surface area contributed by atoms with E-state index in [9.17, 15) is 4.79 Å². The van der Waals surface area contributed by atoms with Crippen LogP contribution in [0.15, 0.2) is 65.1 Å². The van der Waals surface area contributed by atoms with Crippen LogP contribution < -0.4 is 10.1 Å². The minimum Gasteiger partial charge on any atom is -0.483 e. The summed E-state index contributed by atoms with van der Waals surface area (Å²) < 4.78 is 11.7. The number of anilines is 1. The number of aryl methyl sites for hydroxylation is 1. The van der Waals surface area contributed by atoms with Gasteiger partial charge in [-0.2, -0.15) is 0 Å². The van der Waals surface area contributed by atoms with Crippen LogP contribution in [-0.2, 0) is 11.2 Å². The molecule has 1 N–H and O–H groups in total. The molecule has 4 aromatic rings. The minimum atomic E-state index is -0.191. The van der Waals surface area contributed by atoms with Crippen molar-refractivity contribution in [2.24, 2.45) is 0 Å². The van der Waals surface area contributed by atoms with Crippen LogP contribution in [0.2, 0.25) is 0 Å². The van der Waals surface area contributed by atoms with Crippen LogP contribution in [0.4, 0.5) is 5.69 Å². The molecule has 0 saturated carbocycles. The standard InChI is InChI=1S/C29H32N2O3/c1-18(2)22-9-13-26-25(16-22)31-29(34-26)15-21-7-10-23(11-8-21)30-28(32)17-33-27-14-20(5)6-12-24(27)19(3)4/h6-14,16,18-19H,15,17H2,1-5H3,(H,30,32). The third kappa shape index (κ3) is 5.66. The van der Waals surface area contributed by atoms with Gasteiger partial charge < -0.3 is 14.5 Å². The molecule has 4 rings (SSSR count). The number of nitrogens with one attached hydrogen (secondary N) is 1. The van der Waals surface area contributed by atoms with E-state index in [-0.39, 0.29) is 12.5 Å². The molecule has 0 unspecified atom stereocenters. The van der Waals surface area contributed by atoms with Crippen molar-refractivity contribution >= 4 is 22.7 Å². The number of oxazole rings is 1. The Kier molecular flexibility index (Phi) is 7.01. The SMILES string of the molecule is Cc1ccc(C(C)C)c(OCC(=O)Nc2ccc(Cc3nc4cc(C(C)C)ccc4o3)cc2)c1. The molecule has 5 nitrogen and oxygen atoms in total. The molecule has 3 aromatic carbocycles. The van der Waals surface area contributed by atoms with E-state index in [1.165, 1.54) is 5.56 Å². The maximum atomic E-state index is 12.4. The summed E-state index contributed by atoms with van der Waals surface area (Å²) in [6.07, 6.45) is 0.592. The number of ether oxygens (including phenoxy) is 1. The summed E-state index contributed by atoms with van der Waals surface area (Å²) in [6, 6.07) is 20.0. The van der Waals surface area contributed by atoms with Crippen molar-refractivity contribution in [1.82, 2.24) is 4.98 Å². The smallest absolute Gasteiger partial charge is 0.262 e. The first kappa shape index (κ1) is 23.6. The van der Waals surface area contributed by atoms with E-state index in [0.29, 0.717) is 24.1 Å². The molecule has 1 heterocycles. The maximum absolute atomic E-state index is 12.4. The van der Waals surface area contributed by atoms with Crippen molar-refractivity contribution in [2.45, 2.75) is 52.9 Å². The molecule has 176 valence electrons. The Morgan fingerprint density at radius 1 is 0.971 bits per heavy atom. The van der Waals surface area contributed by atoms with Gasteiger partial charge in [-0.1, -0.05) is 58.0 Å². The quantitative estimate of drug-likeness (QED) is 0.310. The Labute approximate surface area is 201 Å². The summed E-state index contributed by atoms with van der Waals surface area (Å²) in [5.74, 6) is 2.03. The zero-order valence-electron chi connectivity index (χ0n) is 20.5. The van der Waals surface area contributed by atoms with Gasteiger partial charge in [0.15, 0.2) is 18.1 Å². The second-order valence-corrected chi connectivity index (χ2v) is 9.40. The zero-order chi connectivity index (χ0) is 24.2. The van der Waals surface area contributed by atoms with Gasteiger partial charge in [-0.25, -0.2) is 4.98 Å². The molecular formula is C29H32N2O3. The number of nitrogens with zero attached hydrogens (tertiary/aromatic N) is 1. The summed E-state index contributed by atoms with van der Waals surface area (Å²) >= 11 is 0. The molecule has 0 spiro atoms. The fraction of sp³-hybridized carbons (Fsp3) is 0.310. The monoisotopic (exact) mass is 456 g/mol. The Balaban J connectivity index is 1.35. The molecule has 0 aliphatic carbocycles. The average Bonchev–Trinajstić information content (AvgIpc) is 3.20. The number of aromatic nitrogens is 1. The molecule has 1 amide bonds. The summed E-state index contributed by atoms with van der Waals surface area (Å²) in [7, 11) is 0. The van der Waals surface area contributed by atoms with Crippen LogP contribution in [0.5, 0.6) is 5.75 Å². The van der Waals surface area contributed by atoms with Gasteiger partial charge in [-0.05, 0) is 71.3 Å². The molecular weight excluding hydrogens is 424 g/mol. The first-order valence-corrected chi connectivity index (χ1v) is 11.8. The third-order valence-electron chi connectivity index (χ3n) is 5.87. The molecule has 0 aliphatic rings. The van der Waals surface area contributed by atoms with Crippen molar-refractivity contribution in [3.63, 3.8) is 0 Å². The largest absolute Gasteiger partial charge is 0.483 e. The Morgan fingerprint density at radius 3 is 2.44 bits per heavy atom. The van der Waals surface area contributed by atoms with E-state index >= 15 is 0 Å². The topological polar surface area (TPSA) is 64.4 Å². The van der Waals surface area contributed by atoms with E-state index in [0.717, 1.165) is 39.2 Å². The van der Waals surface area contributed by atoms with Gasteiger partial charge in [0.05, 0.1) is 0 Å². The summed E-state index contributed by atoms with van der Waals surface area (Å²) in [5, 5.41) is 2.90. The fourth-order valence-corrected chi connectivity index (χ4v) is 3.89. The zero-order valence-corrected chi connectivity index (χ0v) is 20.5. The highest BCUT2D eigenvalue weighted by Crippen LogP contribution is 2.27. The van der Waals surface area contributed by atoms with Crippen LogP contribution in [0.3, 0.4) is 0 Å². The lowest BCUT2D eigenvalue weighted by molar-refractivity contribution is -0.118. The first-order chi connectivity index (χ1) is 16.3. The lowest BCUT2D eigenvalue weighted by Crippen LogP contribution is -2.20. The van der Waals surface area contributed by atoms with Crippen LogP contribution in [0.1, 0.15) is 67.7 Å². The van der Waals surface area contributed by atoms with Crippen molar-refractivity contribution in [3.05, 3.63) is 88.8 Å². The lowest BCUT2D eigenvalue weighted by Gasteiger charge is -2.15. The third-order valence-corrected chi connectivity index (χ3v) is 5.87. The van der Waals surface area contributed by atoms with Gasteiger partial charge in [-0.3, -0.25) is 4.79 Å². The minimum absolute atomic E-state index is 0.0355. The van der Waals surface area contributed by atoms with E-state index in [1.54, 1.807) is 0 Å². The Hall–Kier alpha value is -3.60. The predicted octanol–water partition coefficient (Wildman–Crippen LogP) is 6.99. The molecule has 0 atom stereocenters. The molecule has 0 bridgehead atoms. The van der Waals surface area contributed by atoms with Crippen LogP contribution in [-0.4, -0.2) is 17.5 Å². The van der Waals surface area contributed by atoms with E-state index in [1.807, 2.05) is 43.3 Å². The number of hydrogen-bond acceptors (Lipinski definition) is 4. The van der Waals surface area contributed by atoms with E-state index in [4.69, 9.17) is 9.15 Å². The van der Waals surface area contributed by atoms with Crippen LogP contribution >= 0.6 is 0 Å². The highest BCUT2D eigenvalue weighted by Gasteiger charge is 2.12. The fourth-order valence-electron chi connectivity index (χ4n) is 3.89. The molecule has 1 aromatic heterocycles. The maximum Gasteiger partial charge on any atom is 0.262 e. The van der Waals surface area contributed by atoms with Crippen molar-refractivity contribution in [1.29, 1.82) is 0 Å². The number of amides is 1. The normalized spacial score (nSPS) is 11.4. The van der Waals surface area contributed by atoms with Gasteiger partial charge in [0.2, 0.25) is 0 Å². The summed E-state index contributed by atoms with van der Waals surface area (Å²) in [6.45, 7) is 10.5. The van der Waals surface area contributed by atoms with Crippen LogP contribution in [0, 0.1) is 6.92 Å². The van der Waals surface area contributed by atoms with Gasteiger partial charge in [-0.15, -0.1) is 0 Å². The molecule has 0 aliphatic heterocycles. The van der Waals surface area contributed by atoms with Gasteiger partial charge in [0.25, 0.3) is 5.91 Å². The number of hydrogen-bond donors (Lipinski definition) is 1. The lowest BCUT2D eigenvalue weighted by atomic mass is 10.0. The molecule has 5 heteroatoms. The van der Waals surface area contributed by atoms with Crippen molar-refractivity contribution < 1.29 is 13.9 Å². The van der Waals surface area contributed by atoms with Crippen LogP contribution in [0.25, 0.3) is 11.1 Å². The first-order valence-electron chi connectivity index (χ1n) is 11.8. The molecule has 0 fully saturated rings. The average molecular weight is 457 g/mol. The number of rotatable bonds is 8. The van der Waals surface area contributed by atoms with E-state index < -0.39 is 0 Å². The van der Waals surface area contributed by atoms with Gasteiger partial charge >= 0.3 is 0 Å². The number of benzene rings is 3. The van der Waals surface area contributed by atoms with Gasteiger partial charge in [0.1, 0.15) is 11.3 Å². The highest BCUT2D eigenvalue weighted by molar-refractivity contribution is 5.91. The second kappa shape index (κ2) is 10.1. The number of carbonyl (C=O) groups is 1. The highest BCUT2D eigenvalue weighted by atomic mass is 16.5. The molecule has 34 heavy (non-hydrogen) atoms. The number of carbonyl (C=O) groups excluding carboxylic acids is 1. The summed E-state index contributed by atoms with van der Waals surface area (Å²) in [4.78, 5) is 17.1. The predicted molar refractivity (Wildman–Crippen MR) is 137 cm³/mol.